The second kappa shape index (κ2) is 13.4. The second-order valence-electron chi connectivity index (χ2n) is 9.58. The van der Waals surface area contributed by atoms with Crippen LogP contribution in [-0.2, 0) is 16.0 Å². The zero-order valence-electron chi connectivity index (χ0n) is 23.0. The van der Waals surface area contributed by atoms with E-state index >= 15 is 0 Å². The molecule has 3 aromatic carbocycles. The number of aromatic nitrogens is 1. The Hall–Kier alpha value is -4.92. The lowest BCUT2D eigenvalue weighted by Crippen LogP contribution is -2.43. The van der Waals surface area contributed by atoms with Crippen LogP contribution in [0.15, 0.2) is 60.8 Å². The fourth-order valence-electron chi connectivity index (χ4n) is 4.54. The first-order chi connectivity index (χ1) is 20.5. The number of hydrogen-bond donors (Lipinski definition) is 2. The van der Waals surface area contributed by atoms with Crippen LogP contribution in [0, 0.1) is 23.0 Å². The number of benzene rings is 3. The minimum atomic E-state index is -1.57. The molecule has 0 saturated carbocycles. The molecule has 0 aliphatic carbocycles. The van der Waals surface area contributed by atoms with Crippen molar-refractivity contribution in [1.29, 1.82) is 5.26 Å². The molecule has 0 fully saturated rings. The number of fused-ring (bicyclic) bond motifs is 1. The number of hydrogen-bond acceptors (Lipinski definition) is 6. The molecule has 9 nitrogen and oxygen atoms in total. The van der Waals surface area contributed by atoms with Gasteiger partial charge in [0, 0.05) is 60.4 Å². The molecule has 0 aliphatic rings. The lowest BCUT2D eigenvalue weighted by atomic mass is 9.94. The number of carbonyl (C=O) groups is 3. The standard InChI is InChI=1S/C31H25ClF2N4O5/c1-38(10-11-43-2)30(40)19-13-24(33)27(25(34)14-19)29(39)37-26(31(41)42)15-18-6-8-22(28-20(18)4-3-9-36-28)21-7-5-17(16-35)12-23(21)32/h3-9,12-14,26H,10-11,15H2,1-2H3,(H,37,39)(H,41,42)/t26-/m0/s1. The van der Waals surface area contributed by atoms with Gasteiger partial charge in [0.2, 0.25) is 0 Å². The molecule has 1 heterocycles. The average molecular weight is 607 g/mol. The summed E-state index contributed by atoms with van der Waals surface area (Å²) in [5.74, 6) is -6.04. The number of nitriles is 1. The number of carboxylic acid groups (broad SMARTS) is 1. The van der Waals surface area contributed by atoms with E-state index in [1.807, 2.05) is 6.07 Å². The molecule has 0 saturated heterocycles. The lowest BCUT2D eigenvalue weighted by Gasteiger charge is -2.19. The fourth-order valence-corrected chi connectivity index (χ4v) is 4.83. The van der Waals surface area contributed by atoms with Gasteiger partial charge in [-0.3, -0.25) is 14.6 Å². The van der Waals surface area contributed by atoms with Gasteiger partial charge in [0.05, 0.1) is 23.8 Å². The Morgan fingerprint density at radius 2 is 1.81 bits per heavy atom. The number of aliphatic carboxylic acids is 1. The summed E-state index contributed by atoms with van der Waals surface area (Å²) in [7, 11) is 2.87. The van der Waals surface area contributed by atoms with E-state index in [9.17, 15) is 28.3 Å². The van der Waals surface area contributed by atoms with E-state index in [-0.39, 0.29) is 25.1 Å². The number of nitrogens with zero attached hydrogens (tertiary/aromatic N) is 3. The molecule has 1 atom stereocenters. The first-order valence-corrected chi connectivity index (χ1v) is 13.3. The molecular formula is C31H25ClF2N4O5. The molecule has 4 aromatic rings. The van der Waals surface area contributed by atoms with Crippen molar-refractivity contribution in [2.75, 3.05) is 27.3 Å². The van der Waals surface area contributed by atoms with Gasteiger partial charge in [-0.05, 0) is 35.9 Å². The van der Waals surface area contributed by atoms with Crippen LogP contribution in [0.25, 0.3) is 22.0 Å². The monoisotopic (exact) mass is 606 g/mol. The molecule has 0 spiro atoms. The van der Waals surface area contributed by atoms with E-state index in [1.165, 1.54) is 25.1 Å². The van der Waals surface area contributed by atoms with Gasteiger partial charge in [0.25, 0.3) is 11.8 Å². The van der Waals surface area contributed by atoms with E-state index < -0.39 is 41.0 Å². The van der Waals surface area contributed by atoms with Gasteiger partial charge in [-0.15, -0.1) is 0 Å². The van der Waals surface area contributed by atoms with Crippen molar-refractivity contribution in [2.45, 2.75) is 12.5 Å². The van der Waals surface area contributed by atoms with Crippen LogP contribution >= 0.6 is 11.6 Å². The van der Waals surface area contributed by atoms with Gasteiger partial charge in [-0.25, -0.2) is 13.6 Å². The van der Waals surface area contributed by atoms with Crippen LogP contribution in [0.5, 0.6) is 0 Å². The maximum Gasteiger partial charge on any atom is 0.326 e. The van der Waals surface area contributed by atoms with Gasteiger partial charge in [-0.2, -0.15) is 5.26 Å². The van der Waals surface area contributed by atoms with Crippen LogP contribution in [0.2, 0.25) is 5.02 Å². The van der Waals surface area contributed by atoms with E-state index in [1.54, 1.807) is 42.6 Å². The van der Waals surface area contributed by atoms with Gasteiger partial charge in [0.1, 0.15) is 23.2 Å². The Morgan fingerprint density at radius 1 is 1.12 bits per heavy atom. The number of pyridine rings is 1. The number of nitrogens with one attached hydrogen (secondary N) is 1. The van der Waals surface area contributed by atoms with Crippen LogP contribution in [0.4, 0.5) is 8.78 Å². The predicted octanol–water partition coefficient (Wildman–Crippen LogP) is 4.85. The predicted molar refractivity (Wildman–Crippen MR) is 155 cm³/mol. The number of likely N-dealkylation sites (N-methyl/N-ethyl adjacent to an activating group) is 1. The van der Waals surface area contributed by atoms with E-state index in [4.69, 9.17) is 21.6 Å². The van der Waals surface area contributed by atoms with E-state index in [0.29, 0.717) is 38.2 Å². The highest BCUT2D eigenvalue weighted by atomic mass is 35.5. The third-order valence-electron chi connectivity index (χ3n) is 6.77. The Kier molecular flexibility index (Phi) is 9.65. The van der Waals surface area contributed by atoms with Gasteiger partial charge >= 0.3 is 5.97 Å². The largest absolute Gasteiger partial charge is 0.480 e. The van der Waals surface area contributed by atoms with Gasteiger partial charge < -0.3 is 20.1 Å². The number of halogens is 3. The van der Waals surface area contributed by atoms with E-state index in [0.717, 1.165) is 12.1 Å². The Balaban J connectivity index is 1.62. The van der Waals surface area contributed by atoms with Crippen molar-refractivity contribution in [3.05, 3.63) is 99.7 Å². The van der Waals surface area contributed by atoms with Crippen LogP contribution in [-0.4, -0.2) is 66.1 Å². The quantitative estimate of drug-likeness (QED) is 0.264. The zero-order valence-corrected chi connectivity index (χ0v) is 23.8. The van der Waals surface area contributed by atoms with Crippen molar-refractivity contribution >= 4 is 40.3 Å². The van der Waals surface area contributed by atoms with Crippen molar-refractivity contribution in [1.82, 2.24) is 15.2 Å². The zero-order chi connectivity index (χ0) is 31.3. The molecule has 12 heteroatoms. The fraction of sp³-hybridized carbons (Fsp3) is 0.194. The lowest BCUT2D eigenvalue weighted by molar-refractivity contribution is -0.139. The smallest absolute Gasteiger partial charge is 0.326 e. The van der Waals surface area contributed by atoms with Crippen molar-refractivity contribution < 1.29 is 33.0 Å². The minimum Gasteiger partial charge on any atom is -0.480 e. The summed E-state index contributed by atoms with van der Waals surface area (Å²) < 4.78 is 34.8. The molecule has 0 radical (unpaired) electrons. The Bertz CT molecular complexity index is 1750. The maximum atomic E-state index is 14.9. The first-order valence-electron chi connectivity index (χ1n) is 12.9. The number of carbonyl (C=O) groups excluding carboxylic acids is 2. The molecule has 4 rings (SSSR count). The molecule has 43 heavy (non-hydrogen) atoms. The first kappa shape index (κ1) is 31.0. The molecule has 2 N–H and O–H groups in total. The highest BCUT2D eigenvalue weighted by Gasteiger charge is 2.27. The van der Waals surface area contributed by atoms with Crippen molar-refractivity contribution in [3.63, 3.8) is 0 Å². The highest BCUT2D eigenvalue weighted by Crippen LogP contribution is 2.35. The number of rotatable bonds is 10. The summed E-state index contributed by atoms with van der Waals surface area (Å²) in [6, 6.07) is 13.4. The maximum absolute atomic E-state index is 14.9. The summed E-state index contributed by atoms with van der Waals surface area (Å²) >= 11 is 6.42. The summed E-state index contributed by atoms with van der Waals surface area (Å²) in [5.41, 5.74) is 1.28. The van der Waals surface area contributed by atoms with E-state index in [2.05, 4.69) is 10.3 Å². The number of methoxy groups -OCH3 is 1. The second-order valence-corrected chi connectivity index (χ2v) is 9.99. The SMILES string of the molecule is COCCN(C)C(=O)c1cc(F)c(C(=O)N[C@@H](Cc2ccc(-c3ccc(C#N)cc3Cl)c3ncccc23)C(=O)O)c(F)c1. The molecule has 220 valence electrons. The minimum absolute atomic E-state index is 0.173. The third-order valence-corrected chi connectivity index (χ3v) is 7.08. The molecule has 0 bridgehead atoms. The number of carboxylic acids is 1. The summed E-state index contributed by atoms with van der Waals surface area (Å²) in [6.45, 7) is 0.383. The normalized spacial score (nSPS) is 11.5. The summed E-state index contributed by atoms with van der Waals surface area (Å²) in [5, 5.41) is 22.1. The molecule has 1 aromatic heterocycles. The van der Waals surface area contributed by atoms with Crippen molar-refractivity contribution in [2.24, 2.45) is 0 Å². The van der Waals surface area contributed by atoms with Crippen molar-refractivity contribution in [3.8, 4) is 17.2 Å². The van der Waals surface area contributed by atoms with Gasteiger partial charge in [-0.1, -0.05) is 35.9 Å². The number of ether oxygens (including phenoxy) is 1. The number of amides is 2. The Morgan fingerprint density at radius 3 is 2.44 bits per heavy atom. The summed E-state index contributed by atoms with van der Waals surface area (Å²) in [4.78, 5) is 43.2. The summed E-state index contributed by atoms with van der Waals surface area (Å²) in [6.07, 6.45) is 1.31. The molecule has 2 amide bonds. The highest BCUT2D eigenvalue weighted by molar-refractivity contribution is 6.33. The molecule has 0 unspecified atom stereocenters. The average Bonchev–Trinajstić information content (AvgIpc) is 2.98. The Labute approximate surface area is 250 Å². The van der Waals surface area contributed by atoms with Crippen LogP contribution in [0.1, 0.15) is 31.8 Å². The topological polar surface area (TPSA) is 133 Å². The van der Waals surface area contributed by atoms with Gasteiger partial charge in [0.15, 0.2) is 0 Å². The van der Waals surface area contributed by atoms with Crippen LogP contribution < -0.4 is 5.32 Å². The molecule has 0 aliphatic heterocycles. The third kappa shape index (κ3) is 6.77. The van der Waals surface area contributed by atoms with Crippen LogP contribution in [0.3, 0.4) is 0 Å². The molecular weight excluding hydrogens is 582 g/mol.